The van der Waals surface area contributed by atoms with E-state index in [1.807, 2.05) is 38.1 Å². The molecular weight excluding hydrogens is 318 g/mol. The number of aliphatic hydroxyl groups is 1. The maximum atomic E-state index is 10.2. The Kier molecular flexibility index (Phi) is 5.46. The van der Waals surface area contributed by atoms with Crippen LogP contribution in [0.2, 0.25) is 0 Å². The van der Waals surface area contributed by atoms with E-state index in [4.69, 9.17) is 14.2 Å². The number of ether oxygens (including phenoxy) is 3. The molecule has 25 heavy (non-hydrogen) atoms. The third-order valence-corrected chi connectivity index (χ3v) is 4.44. The molecule has 1 heterocycles. The van der Waals surface area contributed by atoms with Gasteiger partial charge in [-0.15, -0.1) is 0 Å². The van der Waals surface area contributed by atoms with Crippen LogP contribution < -0.4 is 19.5 Å². The summed E-state index contributed by atoms with van der Waals surface area (Å²) in [5, 5.41) is 13.4. The Morgan fingerprint density at radius 1 is 1.08 bits per heavy atom. The first-order valence-corrected chi connectivity index (χ1v) is 8.51. The minimum Gasteiger partial charge on any atom is -0.490 e. The predicted molar refractivity (Wildman–Crippen MR) is 96.4 cm³/mol. The van der Waals surface area contributed by atoms with Crippen molar-refractivity contribution in [2.75, 3.05) is 19.9 Å². The van der Waals surface area contributed by atoms with Crippen LogP contribution in [-0.4, -0.2) is 31.2 Å². The van der Waals surface area contributed by atoms with Crippen LogP contribution in [0.3, 0.4) is 0 Å². The number of aliphatic hydroxyl groups excluding tert-OH is 1. The fourth-order valence-electron chi connectivity index (χ4n) is 2.82. The largest absolute Gasteiger partial charge is 0.490 e. The first-order chi connectivity index (χ1) is 12.0. The molecule has 2 aromatic rings. The van der Waals surface area contributed by atoms with Crippen molar-refractivity contribution in [1.29, 1.82) is 0 Å². The molecule has 2 aromatic carbocycles. The monoisotopic (exact) mass is 343 g/mol. The van der Waals surface area contributed by atoms with E-state index in [2.05, 4.69) is 18.3 Å². The van der Waals surface area contributed by atoms with Crippen LogP contribution >= 0.6 is 0 Å². The van der Waals surface area contributed by atoms with Gasteiger partial charge in [-0.25, -0.2) is 0 Å². The van der Waals surface area contributed by atoms with Crippen LogP contribution in [0.15, 0.2) is 30.3 Å². The van der Waals surface area contributed by atoms with Crippen molar-refractivity contribution in [1.82, 2.24) is 5.32 Å². The highest BCUT2D eigenvalue weighted by atomic mass is 16.7. The molecule has 0 aromatic heterocycles. The van der Waals surface area contributed by atoms with Crippen molar-refractivity contribution in [2.24, 2.45) is 0 Å². The van der Waals surface area contributed by atoms with Gasteiger partial charge in [0.15, 0.2) is 11.5 Å². The van der Waals surface area contributed by atoms with Crippen LogP contribution in [0.25, 0.3) is 0 Å². The zero-order valence-electron chi connectivity index (χ0n) is 15.0. The molecule has 1 aliphatic rings. The second-order valence-corrected chi connectivity index (χ2v) is 6.44. The first kappa shape index (κ1) is 17.6. The van der Waals surface area contributed by atoms with E-state index in [0.29, 0.717) is 13.1 Å². The van der Waals surface area contributed by atoms with Crippen molar-refractivity contribution in [3.8, 4) is 17.2 Å². The average Bonchev–Trinajstić information content (AvgIpc) is 3.06. The molecule has 0 unspecified atom stereocenters. The van der Waals surface area contributed by atoms with Gasteiger partial charge in [0.1, 0.15) is 18.5 Å². The molecule has 0 saturated carbocycles. The third kappa shape index (κ3) is 4.24. The second-order valence-electron chi connectivity index (χ2n) is 6.44. The molecule has 134 valence electrons. The van der Waals surface area contributed by atoms with Gasteiger partial charge in [-0.2, -0.15) is 0 Å². The summed E-state index contributed by atoms with van der Waals surface area (Å²) < 4.78 is 16.5. The van der Waals surface area contributed by atoms with Crippen molar-refractivity contribution >= 4 is 0 Å². The number of aryl methyl sites for hydroxylation is 2. The van der Waals surface area contributed by atoms with Crippen LogP contribution in [0, 0.1) is 20.8 Å². The van der Waals surface area contributed by atoms with Crippen molar-refractivity contribution in [3.05, 3.63) is 52.6 Å². The SMILES string of the molecule is Cc1ccc(C)c(OC[C@@H](O)CNCc2ccc3c(c2)OCO3)c1C. The number of fused-ring (bicyclic) bond motifs is 1. The molecule has 0 radical (unpaired) electrons. The Labute approximate surface area is 148 Å². The molecule has 0 saturated heterocycles. The van der Waals surface area contributed by atoms with Crippen molar-refractivity contribution in [2.45, 2.75) is 33.4 Å². The molecular formula is C20H25NO4. The number of hydrogen-bond acceptors (Lipinski definition) is 5. The summed E-state index contributed by atoms with van der Waals surface area (Å²) in [5.41, 5.74) is 4.49. The molecule has 5 heteroatoms. The van der Waals surface area contributed by atoms with Gasteiger partial charge < -0.3 is 24.6 Å². The van der Waals surface area contributed by atoms with Crippen molar-refractivity contribution < 1.29 is 19.3 Å². The van der Waals surface area contributed by atoms with Crippen molar-refractivity contribution in [3.63, 3.8) is 0 Å². The lowest BCUT2D eigenvalue weighted by Gasteiger charge is -2.17. The van der Waals surface area contributed by atoms with Gasteiger partial charge in [0.05, 0.1) is 0 Å². The lowest BCUT2D eigenvalue weighted by molar-refractivity contribution is 0.105. The van der Waals surface area contributed by atoms with Gasteiger partial charge in [-0.1, -0.05) is 18.2 Å². The van der Waals surface area contributed by atoms with Gasteiger partial charge in [-0.3, -0.25) is 0 Å². The van der Waals surface area contributed by atoms with E-state index in [-0.39, 0.29) is 13.4 Å². The molecule has 1 atom stereocenters. The standard InChI is InChI=1S/C20H25NO4/c1-13-4-5-14(2)20(15(13)3)23-11-17(22)10-21-9-16-6-7-18-19(8-16)25-12-24-18/h4-8,17,21-22H,9-12H2,1-3H3/t17-/m0/s1. The maximum Gasteiger partial charge on any atom is 0.231 e. The summed E-state index contributed by atoms with van der Waals surface area (Å²) in [6, 6.07) is 9.98. The second kappa shape index (κ2) is 7.76. The zero-order chi connectivity index (χ0) is 17.8. The number of rotatable bonds is 7. The molecule has 0 fully saturated rings. The zero-order valence-corrected chi connectivity index (χ0v) is 15.0. The maximum absolute atomic E-state index is 10.2. The van der Waals surface area contributed by atoms with Gasteiger partial charge in [0.25, 0.3) is 0 Å². The molecule has 1 aliphatic heterocycles. The van der Waals surface area contributed by atoms with E-state index in [9.17, 15) is 5.11 Å². The number of nitrogens with one attached hydrogen (secondary N) is 1. The highest BCUT2D eigenvalue weighted by Gasteiger charge is 2.13. The third-order valence-electron chi connectivity index (χ3n) is 4.44. The summed E-state index contributed by atoms with van der Waals surface area (Å²) in [5.74, 6) is 2.42. The molecule has 5 nitrogen and oxygen atoms in total. The Morgan fingerprint density at radius 3 is 2.68 bits per heavy atom. The van der Waals surface area contributed by atoms with Gasteiger partial charge in [-0.05, 0) is 55.2 Å². The minimum atomic E-state index is -0.576. The smallest absolute Gasteiger partial charge is 0.231 e. The van der Waals surface area contributed by atoms with Crippen LogP contribution in [-0.2, 0) is 6.54 Å². The molecule has 2 N–H and O–H groups in total. The fourth-order valence-corrected chi connectivity index (χ4v) is 2.82. The Bertz CT molecular complexity index is 745. The summed E-state index contributed by atoms with van der Waals surface area (Å²) in [6.07, 6.45) is -0.576. The Balaban J connectivity index is 1.46. The lowest BCUT2D eigenvalue weighted by Crippen LogP contribution is -2.31. The number of benzene rings is 2. The number of hydrogen-bond donors (Lipinski definition) is 2. The highest BCUT2D eigenvalue weighted by molar-refractivity contribution is 5.45. The first-order valence-electron chi connectivity index (χ1n) is 8.51. The predicted octanol–water partition coefficient (Wildman–Crippen LogP) is 2.87. The lowest BCUT2D eigenvalue weighted by atomic mass is 10.1. The van der Waals surface area contributed by atoms with E-state index >= 15 is 0 Å². The van der Waals surface area contributed by atoms with E-state index in [0.717, 1.165) is 33.9 Å². The van der Waals surface area contributed by atoms with E-state index in [1.165, 1.54) is 5.56 Å². The summed E-state index contributed by atoms with van der Waals surface area (Å²) in [6.45, 7) is 7.77. The highest BCUT2D eigenvalue weighted by Crippen LogP contribution is 2.32. The summed E-state index contributed by atoms with van der Waals surface area (Å²) in [4.78, 5) is 0. The minimum absolute atomic E-state index is 0.263. The molecule has 0 spiro atoms. The molecule has 0 bridgehead atoms. The Morgan fingerprint density at radius 2 is 1.84 bits per heavy atom. The van der Waals surface area contributed by atoms with Gasteiger partial charge in [0.2, 0.25) is 6.79 Å². The van der Waals surface area contributed by atoms with Crippen LogP contribution in [0.5, 0.6) is 17.2 Å². The van der Waals surface area contributed by atoms with Crippen LogP contribution in [0.4, 0.5) is 0 Å². The molecule has 0 aliphatic carbocycles. The molecule has 3 rings (SSSR count). The van der Waals surface area contributed by atoms with E-state index < -0.39 is 6.10 Å². The summed E-state index contributed by atoms with van der Waals surface area (Å²) in [7, 11) is 0. The Hall–Kier alpha value is -2.24. The molecule has 0 amide bonds. The average molecular weight is 343 g/mol. The van der Waals surface area contributed by atoms with Gasteiger partial charge in [0, 0.05) is 13.1 Å². The van der Waals surface area contributed by atoms with Gasteiger partial charge >= 0.3 is 0 Å². The summed E-state index contributed by atoms with van der Waals surface area (Å²) >= 11 is 0. The van der Waals surface area contributed by atoms with E-state index in [1.54, 1.807) is 0 Å². The fraction of sp³-hybridized carbons (Fsp3) is 0.400. The normalized spacial score (nSPS) is 13.8. The quantitative estimate of drug-likeness (QED) is 0.809. The topological polar surface area (TPSA) is 60.0 Å². The van der Waals surface area contributed by atoms with Crippen LogP contribution in [0.1, 0.15) is 22.3 Å².